The number of nitrogens with two attached hydrogens (primary N) is 1. The molecule has 0 radical (unpaired) electrons. The summed E-state index contributed by atoms with van der Waals surface area (Å²) in [5.41, 5.74) is -0.156. The summed E-state index contributed by atoms with van der Waals surface area (Å²) in [5, 5.41) is 7.52. The van der Waals surface area contributed by atoms with Gasteiger partial charge in [-0.15, -0.1) is 0 Å². The van der Waals surface area contributed by atoms with Crippen LogP contribution in [0.5, 0.6) is 0 Å². The second kappa shape index (κ2) is 6.61. The lowest BCUT2D eigenvalue weighted by Crippen LogP contribution is -2.36. The van der Waals surface area contributed by atoms with E-state index in [0.29, 0.717) is 0 Å². The van der Waals surface area contributed by atoms with Crippen molar-refractivity contribution in [2.24, 2.45) is 5.14 Å². The molecule has 1 rings (SSSR count). The number of halogens is 2. The largest absolute Gasteiger partial charge is 0.383 e. The van der Waals surface area contributed by atoms with Crippen molar-refractivity contribution < 1.29 is 22.3 Å². The molecule has 1 atom stereocenters. The minimum absolute atomic E-state index is 0.0801. The molecule has 1 aromatic carbocycles. The average Bonchev–Trinajstić information content (AvgIpc) is 2.30. The van der Waals surface area contributed by atoms with Crippen LogP contribution < -0.4 is 10.5 Å². The number of hydrogen-bond acceptors (Lipinski definition) is 4. The van der Waals surface area contributed by atoms with Gasteiger partial charge in [0.15, 0.2) is 0 Å². The molecule has 0 bridgehead atoms. The fourth-order valence-corrected chi connectivity index (χ4v) is 3.25. The number of primary sulfonamides is 1. The van der Waals surface area contributed by atoms with E-state index in [9.17, 15) is 17.6 Å². The number of rotatable bonds is 5. The molecule has 0 aliphatic rings. The van der Waals surface area contributed by atoms with Crippen molar-refractivity contribution in [3.05, 3.63) is 28.0 Å². The molecule has 0 aromatic heterocycles. The molecule has 9 heteroatoms. The van der Waals surface area contributed by atoms with E-state index in [1.807, 2.05) is 0 Å². The predicted octanol–water partition coefficient (Wildman–Crippen LogP) is 1.00. The Labute approximate surface area is 124 Å². The molecule has 0 aliphatic carbocycles. The smallest absolute Gasteiger partial charge is 0.252 e. The third-order valence-electron chi connectivity index (χ3n) is 2.35. The van der Waals surface area contributed by atoms with Crippen molar-refractivity contribution in [1.82, 2.24) is 5.32 Å². The van der Waals surface area contributed by atoms with Crippen molar-refractivity contribution >= 4 is 31.9 Å². The SMILES string of the molecule is COCC(C)NC(=O)c1cc(F)cc(S(N)(=O)=O)c1Br. The minimum atomic E-state index is -4.14. The molecule has 20 heavy (non-hydrogen) atoms. The molecule has 3 N–H and O–H groups in total. The van der Waals surface area contributed by atoms with Gasteiger partial charge in [0.2, 0.25) is 10.0 Å². The van der Waals surface area contributed by atoms with Gasteiger partial charge in [0.05, 0.1) is 21.5 Å². The summed E-state index contributed by atoms with van der Waals surface area (Å²) in [4.78, 5) is 11.5. The van der Waals surface area contributed by atoms with Crippen molar-refractivity contribution in [3.8, 4) is 0 Å². The number of sulfonamides is 1. The van der Waals surface area contributed by atoms with Crippen LogP contribution in [0.2, 0.25) is 0 Å². The fraction of sp³-hybridized carbons (Fsp3) is 0.364. The molecule has 6 nitrogen and oxygen atoms in total. The lowest BCUT2D eigenvalue weighted by molar-refractivity contribution is 0.0904. The van der Waals surface area contributed by atoms with Gasteiger partial charge >= 0.3 is 0 Å². The Morgan fingerprint density at radius 2 is 2.15 bits per heavy atom. The maximum absolute atomic E-state index is 13.4. The second-order valence-corrected chi connectivity index (χ2v) is 6.46. The molecular weight excluding hydrogens is 355 g/mol. The van der Waals surface area contributed by atoms with Crippen LogP contribution in [0.3, 0.4) is 0 Å². The average molecular weight is 369 g/mol. The van der Waals surface area contributed by atoms with Crippen molar-refractivity contribution in [3.63, 3.8) is 0 Å². The van der Waals surface area contributed by atoms with Crippen molar-refractivity contribution in [2.75, 3.05) is 13.7 Å². The lowest BCUT2D eigenvalue weighted by Gasteiger charge is -2.14. The third-order valence-corrected chi connectivity index (χ3v) is 4.40. The highest BCUT2D eigenvalue weighted by Gasteiger charge is 2.22. The highest BCUT2D eigenvalue weighted by molar-refractivity contribution is 9.10. The lowest BCUT2D eigenvalue weighted by atomic mass is 10.2. The predicted molar refractivity (Wildman–Crippen MR) is 74.3 cm³/mol. The Morgan fingerprint density at radius 1 is 1.55 bits per heavy atom. The van der Waals surface area contributed by atoms with Crippen LogP contribution in [0.25, 0.3) is 0 Å². The first-order chi connectivity index (χ1) is 9.16. The molecule has 0 saturated heterocycles. The molecule has 112 valence electrons. The maximum atomic E-state index is 13.4. The standard InChI is InChI=1S/C11H14BrFN2O4S/c1-6(5-19-2)15-11(16)8-3-7(13)4-9(10(8)12)20(14,17)18/h3-4,6H,5H2,1-2H3,(H,15,16)(H2,14,17,18). The molecule has 0 heterocycles. The molecule has 0 aliphatic heterocycles. The van der Waals surface area contributed by atoms with Gasteiger partial charge in [-0.1, -0.05) is 0 Å². The van der Waals surface area contributed by atoms with Gasteiger partial charge in [0.1, 0.15) is 5.82 Å². The quantitative estimate of drug-likeness (QED) is 0.809. The van der Waals surface area contributed by atoms with Crippen molar-refractivity contribution in [2.45, 2.75) is 17.9 Å². The molecule has 0 spiro atoms. The van der Waals surface area contributed by atoms with Crippen LogP contribution in [-0.2, 0) is 14.8 Å². The normalized spacial score (nSPS) is 13.1. The van der Waals surface area contributed by atoms with Gasteiger partial charge in [-0.2, -0.15) is 0 Å². The Balaban J connectivity index is 3.19. The monoisotopic (exact) mass is 368 g/mol. The summed E-state index contributed by atoms with van der Waals surface area (Å²) in [6, 6.07) is 1.35. The zero-order valence-corrected chi connectivity index (χ0v) is 13.2. The van der Waals surface area contributed by atoms with E-state index in [2.05, 4.69) is 21.2 Å². The Kier molecular flexibility index (Phi) is 5.63. The highest BCUT2D eigenvalue weighted by atomic mass is 79.9. The van der Waals surface area contributed by atoms with Crippen LogP contribution in [-0.4, -0.2) is 34.1 Å². The van der Waals surface area contributed by atoms with E-state index < -0.39 is 26.6 Å². The van der Waals surface area contributed by atoms with Crippen molar-refractivity contribution in [1.29, 1.82) is 0 Å². The molecule has 1 aromatic rings. The molecule has 0 saturated carbocycles. The van der Waals surface area contributed by atoms with E-state index in [1.54, 1.807) is 6.92 Å². The first kappa shape index (κ1) is 17.0. The highest BCUT2D eigenvalue weighted by Crippen LogP contribution is 2.26. The summed E-state index contributed by atoms with van der Waals surface area (Å²) in [7, 11) is -2.67. The topological polar surface area (TPSA) is 98.5 Å². The van der Waals surface area contributed by atoms with Gasteiger partial charge in [0, 0.05) is 13.2 Å². The van der Waals surface area contributed by atoms with Crippen LogP contribution in [0.1, 0.15) is 17.3 Å². The first-order valence-electron chi connectivity index (χ1n) is 5.48. The van der Waals surface area contributed by atoms with Crippen LogP contribution >= 0.6 is 15.9 Å². The molecule has 0 fully saturated rings. The van der Waals surface area contributed by atoms with Gasteiger partial charge in [-0.05, 0) is 35.0 Å². The zero-order chi connectivity index (χ0) is 15.5. The zero-order valence-electron chi connectivity index (χ0n) is 10.8. The summed E-state index contributed by atoms with van der Waals surface area (Å²) in [6.45, 7) is 1.95. The Bertz CT molecular complexity index is 621. The summed E-state index contributed by atoms with van der Waals surface area (Å²) >= 11 is 2.96. The van der Waals surface area contributed by atoms with Gasteiger partial charge < -0.3 is 10.1 Å². The van der Waals surface area contributed by atoms with Gasteiger partial charge in [-0.3, -0.25) is 4.79 Å². The fourth-order valence-electron chi connectivity index (χ4n) is 1.53. The minimum Gasteiger partial charge on any atom is -0.383 e. The van der Waals surface area contributed by atoms with E-state index >= 15 is 0 Å². The molecule has 1 unspecified atom stereocenters. The number of hydrogen-bond donors (Lipinski definition) is 2. The van der Waals surface area contributed by atoms with E-state index in [1.165, 1.54) is 7.11 Å². The summed E-state index contributed by atoms with van der Waals surface area (Å²) in [6.07, 6.45) is 0. The number of methoxy groups -OCH3 is 1. The number of carbonyl (C=O) groups is 1. The summed E-state index contributed by atoms with van der Waals surface area (Å²) in [5.74, 6) is -1.51. The van der Waals surface area contributed by atoms with Crippen LogP contribution in [0, 0.1) is 5.82 Å². The molecular formula is C11H14BrFN2O4S. The number of benzene rings is 1. The van der Waals surface area contributed by atoms with Gasteiger partial charge in [-0.25, -0.2) is 17.9 Å². The first-order valence-corrected chi connectivity index (χ1v) is 7.82. The van der Waals surface area contributed by atoms with E-state index in [0.717, 1.165) is 12.1 Å². The van der Waals surface area contributed by atoms with Crippen LogP contribution in [0.4, 0.5) is 4.39 Å². The maximum Gasteiger partial charge on any atom is 0.252 e. The Morgan fingerprint density at radius 3 is 2.65 bits per heavy atom. The second-order valence-electron chi connectivity index (χ2n) is 4.14. The van der Waals surface area contributed by atoms with E-state index in [-0.39, 0.29) is 22.7 Å². The van der Waals surface area contributed by atoms with Crippen LogP contribution in [0.15, 0.2) is 21.5 Å². The Hall–Kier alpha value is -1.03. The number of carbonyl (C=O) groups excluding carboxylic acids is 1. The number of nitrogens with one attached hydrogen (secondary N) is 1. The third kappa shape index (κ3) is 4.23. The number of ether oxygens (including phenoxy) is 1. The summed E-state index contributed by atoms with van der Waals surface area (Å²) < 4.78 is 40.9. The van der Waals surface area contributed by atoms with Gasteiger partial charge in [0.25, 0.3) is 5.91 Å². The number of amides is 1. The van der Waals surface area contributed by atoms with E-state index in [4.69, 9.17) is 9.88 Å². The molecule has 1 amide bonds.